The first-order chi connectivity index (χ1) is 15.8. The number of aromatic nitrogens is 2. The van der Waals surface area contributed by atoms with Crippen LogP contribution in [-0.4, -0.2) is 35.4 Å². The maximum absolute atomic E-state index is 13.2. The largest absolute Gasteiger partial charge is 0.467 e. The van der Waals surface area contributed by atoms with E-state index in [1.54, 1.807) is 25.1 Å². The molecule has 1 amide bonds. The molecule has 0 atom stereocenters. The highest BCUT2D eigenvalue weighted by molar-refractivity contribution is 5.84. The molecular weight excluding hydrogens is 425 g/mol. The van der Waals surface area contributed by atoms with Crippen LogP contribution < -0.4 is 10.2 Å². The molecule has 3 aromatic rings. The summed E-state index contributed by atoms with van der Waals surface area (Å²) < 4.78 is 25.8. The summed E-state index contributed by atoms with van der Waals surface area (Å²) in [7, 11) is 1.53. The number of amides is 1. The number of ether oxygens (including phenoxy) is 2. The van der Waals surface area contributed by atoms with Crippen molar-refractivity contribution in [3.63, 3.8) is 0 Å². The summed E-state index contributed by atoms with van der Waals surface area (Å²) in [6, 6.07) is 11.9. The summed E-state index contributed by atoms with van der Waals surface area (Å²) in [4.78, 5) is 16.4. The molecule has 0 spiro atoms. The van der Waals surface area contributed by atoms with Crippen LogP contribution in [-0.2, 0) is 16.1 Å². The average Bonchev–Trinajstić information content (AvgIpc) is 3.06. The van der Waals surface area contributed by atoms with Crippen molar-refractivity contribution < 1.29 is 18.7 Å². The lowest BCUT2D eigenvalue weighted by Gasteiger charge is -2.10. The van der Waals surface area contributed by atoms with Gasteiger partial charge in [-0.1, -0.05) is 0 Å². The zero-order valence-electron chi connectivity index (χ0n) is 18.8. The molecule has 0 aliphatic carbocycles. The van der Waals surface area contributed by atoms with Gasteiger partial charge in [-0.25, -0.2) is 14.8 Å². The third-order valence-electron chi connectivity index (χ3n) is 4.90. The molecule has 0 fully saturated rings. The average molecular weight is 449 g/mol. The van der Waals surface area contributed by atoms with E-state index in [-0.39, 0.29) is 30.5 Å². The number of hydrogen-bond donors (Lipinski definition) is 1. The predicted octanol–water partition coefficient (Wildman–Crippen LogP) is 3.48. The summed E-state index contributed by atoms with van der Waals surface area (Å²) in [5.74, 6) is -0.726. The number of carbonyl (C=O) groups is 1. The summed E-state index contributed by atoms with van der Waals surface area (Å²) in [6.45, 7) is 5.48. The van der Waals surface area contributed by atoms with Crippen molar-refractivity contribution in [3.8, 4) is 17.6 Å². The summed E-state index contributed by atoms with van der Waals surface area (Å²) in [6.07, 6.45) is 1.53. The zero-order chi connectivity index (χ0) is 24.0. The van der Waals surface area contributed by atoms with Crippen LogP contribution in [0.25, 0.3) is 5.69 Å². The predicted molar refractivity (Wildman–Crippen MR) is 121 cm³/mol. The first kappa shape index (κ1) is 23.6. The number of hydrazone groups is 1. The van der Waals surface area contributed by atoms with Gasteiger partial charge in [0.15, 0.2) is 6.61 Å². The SMILES string of the molecule is COCc1cc(C)nc(OCC(=O)NN=Cc2cc(C)n(-c3ccc(F)cc3)c2C)c1C#N. The van der Waals surface area contributed by atoms with Crippen molar-refractivity contribution in [2.45, 2.75) is 27.4 Å². The van der Waals surface area contributed by atoms with E-state index in [4.69, 9.17) is 9.47 Å². The summed E-state index contributed by atoms with van der Waals surface area (Å²) in [5, 5.41) is 13.4. The van der Waals surface area contributed by atoms with E-state index in [0.717, 1.165) is 22.6 Å². The smallest absolute Gasteiger partial charge is 0.278 e. The van der Waals surface area contributed by atoms with E-state index in [2.05, 4.69) is 15.5 Å². The van der Waals surface area contributed by atoms with Crippen LogP contribution in [0.1, 0.15) is 33.8 Å². The van der Waals surface area contributed by atoms with Crippen LogP contribution in [0, 0.1) is 37.9 Å². The Bertz CT molecular complexity index is 1230. The molecule has 1 N–H and O–H groups in total. The van der Waals surface area contributed by atoms with Gasteiger partial charge in [0.25, 0.3) is 5.91 Å². The molecule has 0 saturated heterocycles. The summed E-state index contributed by atoms with van der Waals surface area (Å²) >= 11 is 0. The highest BCUT2D eigenvalue weighted by atomic mass is 19.1. The van der Waals surface area contributed by atoms with Gasteiger partial charge in [0.2, 0.25) is 5.88 Å². The molecule has 3 rings (SSSR count). The maximum atomic E-state index is 13.2. The Balaban J connectivity index is 1.65. The van der Waals surface area contributed by atoms with E-state index in [1.807, 2.05) is 30.6 Å². The molecule has 0 unspecified atom stereocenters. The minimum Gasteiger partial charge on any atom is -0.467 e. The number of nitrogens with one attached hydrogen (secondary N) is 1. The van der Waals surface area contributed by atoms with Gasteiger partial charge in [0.1, 0.15) is 17.4 Å². The fourth-order valence-electron chi connectivity index (χ4n) is 3.45. The number of methoxy groups -OCH3 is 1. The second-order valence-electron chi connectivity index (χ2n) is 7.37. The summed E-state index contributed by atoms with van der Waals surface area (Å²) in [5.41, 5.74) is 7.38. The number of rotatable bonds is 8. The van der Waals surface area contributed by atoms with E-state index < -0.39 is 5.91 Å². The van der Waals surface area contributed by atoms with Gasteiger partial charge in [-0.05, 0) is 57.2 Å². The molecule has 2 heterocycles. The Morgan fingerprint density at radius 1 is 1.27 bits per heavy atom. The molecule has 170 valence electrons. The van der Waals surface area contributed by atoms with Crippen LogP contribution in [0.3, 0.4) is 0 Å². The number of pyridine rings is 1. The molecule has 8 nitrogen and oxygen atoms in total. The van der Waals surface area contributed by atoms with E-state index in [1.165, 1.54) is 25.5 Å². The second-order valence-corrected chi connectivity index (χ2v) is 7.37. The minimum absolute atomic E-state index is 0.0755. The topological polar surface area (TPSA) is 102 Å². The number of halogens is 1. The van der Waals surface area contributed by atoms with Gasteiger partial charge in [-0.2, -0.15) is 10.4 Å². The lowest BCUT2D eigenvalue weighted by Crippen LogP contribution is -2.25. The van der Waals surface area contributed by atoms with Gasteiger partial charge in [0, 0.05) is 41.0 Å². The number of carbonyl (C=O) groups excluding carboxylic acids is 1. The van der Waals surface area contributed by atoms with Gasteiger partial charge in [-0.3, -0.25) is 4.79 Å². The van der Waals surface area contributed by atoms with Gasteiger partial charge < -0.3 is 14.0 Å². The normalized spacial score (nSPS) is 10.9. The third-order valence-corrected chi connectivity index (χ3v) is 4.90. The number of nitrogens with zero attached hydrogens (tertiary/aromatic N) is 4. The molecule has 33 heavy (non-hydrogen) atoms. The van der Waals surface area contributed by atoms with Crippen LogP contribution in [0.2, 0.25) is 0 Å². The first-order valence-electron chi connectivity index (χ1n) is 10.1. The van der Waals surface area contributed by atoms with Crippen molar-refractivity contribution in [1.82, 2.24) is 15.0 Å². The lowest BCUT2D eigenvalue weighted by molar-refractivity contribution is -0.123. The number of nitriles is 1. The molecule has 0 radical (unpaired) electrons. The van der Waals surface area contributed by atoms with E-state index >= 15 is 0 Å². The fourth-order valence-corrected chi connectivity index (χ4v) is 3.45. The minimum atomic E-state index is -0.501. The van der Waals surface area contributed by atoms with Crippen molar-refractivity contribution in [2.24, 2.45) is 5.10 Å². The Morgan fingerprint density at radius 3 is 2.67 bits per heavy atom. The van der Waals surface area contributed by atoms with Crippen molar-refractivity contribution in [2.75, 3.05) is 13.7 Å². The maximum Gasteiger partial charge on any atom is 0.278 e. The van der Waals surface area contributed by atoms with Crippen LogP contribution in [0.4, 0.5) is 4.39 Å². The molecule has 2 aromatic heterocycles. The number of aryl methyl sites for hydroxylation is 2. The Morgan fingerprint density at radius 2 is 2.00 bits per heavy atom. The van der Waals surface area contributed by atoms with Crippen molar-refractivity contribution in [3.05, 3.63) is 76.0 Å². The molecule has 1 aromatic carbocycles. The van der Waals surface area contributed by atoms with Crippen LogP contribution in [0.5, 0.6) is 5.88 Å². The van der Waals surface area contributed by atoms with Crippen LogP contribution >= 0.6 is 0 Å². The molecule has 0 aliphatic rings. The quantitative estimate of drug-likeness (QED) is 0.419. The highest BCUT2D eigenvalue weighted by Gasteiger charge is 2.14. The highest BCUT2D eigenvalue weighted by Crippen LogP contribution is 2.22. The lowest BCUT2D eigenvalue weighted by atomic mass is 10.1. The molecule has 0 aliphatic heterocycles. The van der Waals surface area contributed by atoms with E-state index in [9.17, 15) is 14.4 Å². The number of benzene rings is 1. The standard InChI is InChI=1S/C24H24FN5O3/c1-15-9-19(13-32-4)22(11-26)24(28-15)33-14-23(31)29-27-12-18-10-16(2)30(17(18)3)21-7-5-20(25)6-8-21/h5-10,12H,13-14H2,1-4H3,(H,29,31). The monoisotopic (exact) mass is 449 g/mol. The first-order valence-corrected chi connectivity index (χ1v) is 10.1. The van der Waals surface area contributed by atoms with Crippen LogP contribution in [0.15, 0.2) is 41.5 Å². The second kappa shape index (κ2) is 10.5. The third kappa shape index (κ3) is 5.61. The number of hydrogen-bond acceptors (Lipinski definition) is 6. The molecule has 0 saturated carbocycles. The van der Waals surface area contributed by atoms with Gasteiger partial charge in [-0.15, -0.1) is 0 Å². The molecule has 9 heteroatoms. The van der Waals surface area contributed by atoms with Gasteiger partial charge >= 0.3 is 0 Å². The van der Waals surface area contributed by atoms with Crippen molar-refractivity contribution in [1.29, 1.82) is 5.26 Å². The zero-order valence-corrected chi connectivity index (χ0v) is 18.8. The van der Waals surface area contributed by atoms with Crippen molar-refractivity contribution >= 4 is 12.1 Å². The van der Waals surface area contributed by atoms with Gasteiger partial charge in [0.05, 0.1) is 12.8 Å². The fraction of sp³-hybridized carbons (Fsp3) is 0.250. The molecular formula is C24H24FN5O3. The Hall–Kier alpha value is -4.03. The Kier molecular flexibility index (Phi) is 7.53. The molecule has 0 bridgehead atoms. The van der Waals surface area contributed by atoms with E-state index in [0.29, 0.717) is 11.3 Å². The Labute approximate surface area is 191 Å².